The van der Waals surface area contributed by atoms with E-state index in [1.807, 2.05) is 0 Å². The highest BCUT2D eigenvalue weighted by Gasteiger charge is 2.31. The summed E-state index contributed by atoms with van der Waals surface area (Å²) in [6.07, 6.45) is 5.73. The van der Waals surface area contributed by atoms with Crippen LogP contribution in [0, 0.1) is 11.3 Å². The maximum absolute atomic E-state index is 8.81. The van der Waals surface area contributed by atoms with Gasteiger partial charge in [0.1, 0.15) is 0 Å². The first-order valence-corrected chi connectivity index (χ1v) is 6.20. The topological polar surface area (TPSA) is 39.1 Å². The molecule has 0 aromatic heterocycles. The standard InChI is InChI=1S/C12H21N3/c1-2-12(5-7-13)15-8-6-10-3-4-11(9-15)14-10/h10-12,14H,2-6,8-9H2,1H3. The van der Waals surface area contributed by atoms with Crippen molar-refractivity contribution in [3.05, 3.63) is 0 Å². The Morgan fingerprint density at radius 2 is 2.20 bits per heavy atom. The number of hydrogen-bond acceptors (Lipinski definition) is 3. The Kier molecular flexibility index (Phi) is 3.61. The zero-order chi connectivity index (χ0) is 10.7. The van der Waals surface area contributed by atoms with Gasteiger partial charge in [0.05, 0.1) is 12.5 Å². The van der Waals surface area contributed by atoms with Crippen molar-refractivity contribution in [2.24, 2.45) is 0 Å². The molecule has 0 amide bonds. The van der Waals surface area contributed by atoms with Crippen LogP contribution < -0.4 is 5.32 Å². The van der Waals surface area contributed by atoms with E-state index in [1.165, 1.54) is 25.8 Å². The van der Waals surface area contributed by atoms with Gasteiger partial charge in [-0.2, -0.15) is 5.26 Å². The van der Waals surface area contributed by atoms with Gasteiger partial charge in [0.25, 0.3) is 0 Å². The second-order valence-corrected chi connectivity index (χ2v) is 4.85. The summed E-state index contributed by atoms with van der Waals surface area (Å²) in [5.41, 5.74) is 0. The average Bonchev–Trinajstić information content (AvgIpc) is 2.56. The van der Waals surface area contributed by atoms with Crippen LogP contribution in [0.4, 0.5) is 0 Å². The molecule has 2 bridgehead atoms. The number of rotatable bonds is 3. The number of fused-ring (bicyclic) bond motifs is 2. The molecule has 0 aromatic rings. The average molecular weight is 207 g/mol. The minimum Gasteiger partial charge on any atom is -0.310 e. The van der Waals surface area contributed by atoms with Gasteiger partial charge >= 0.3 is 0 Å². The van der Waals surface area contributed by atoms with Crippen molar-refractivity contribution in [2.45, 2.75) is 57.2 Å². The summed E-state index contributed by atoms with van der Waals surface area (Å²) in [6, 6.07) is 4.24. The van der Waals surface area contributed by atoms with E-state index in [1.54, 1.807) is 0 Å². The van der Waals surface area contributed by atoms with Crippen molar-refractivity contribution in [3.8, 4) is 6.07 Å². The molecule has 0 spiro atoms. The van der Waals surface area contributed by atoms with Gasteiger partial charge in [0, 0.05) is 31.2 Å². The van der Waals surface area contributed by atoms with Gasteiger partial charge in [0.2, 0.25) is 0 Å². The second-order valence-electron chi connectivity index (χ2n) is 4.85. The summed E-state index contributed by atoms with van der Waals surface area (Å²) in [4.78, 5) is 2.53. The number of nitrogens with one attached hydrogen (secondary N) is 1. The number of likely N-dealkylation sites (tertiary alicyclic amines) is 1. The van der Waals surface area contributed by atoms with Crippen LogP contribution in [0.3, 0.4) is 0 Å². The van der Waals surface area contributed by atoms with E-state index in [9.17, 15) is 0 Å². The Hall–Kier alpha value is -0.590. The van der Waals surface area contributed by atoms with Crippen LogP contribution in [-0.2, 0) is 0 Å². The van der Waals surface area contributed by atoms with E-state index in [0.717, 1.165) is 19.0 Å². The third-order valence-electron chi connectivity index (χ3n) is 3.87. The number of hydrogen-bond donors (Lipinski definition) is 1. The van der Waals surface area contributed by atoms with Crippen LogP contribution in [0.5, 0.6) is 0 Å². The molecule has 84 valence electrons. The van der Waals surface area contributed by atoms with Crippen molar-refractivity contribution < 1.29 is 0 Å². The van der Waals surface area contributed by atoms with E-state index in [2.05, 4.69) is 23.2 Å². The maximum atomic E-state index is 8.81. The summed E-state index contributed by atoms with van der Waals surface area (Å²) in [5.74, 6) is 0. The van der Waals surface area contributed by atoms with Gasteiger partial charge < -0.3 is 5.32 Å². The van der Waals surface area contributed by atoms with Crippen LogP contribution in [-0.4, -0.2) is 36.1 Å². The highest BCUT2D eigenvalue weighted by molar-refractivity contribution is 4.92. The molecule has 2 aliphatic rings. The first-order valence-electron chi connectivity index (χ1n) is 6.20. The monoisotopic (exact) mass is 207 g/mol. The second kappa shape index (κ2) is 4.96. The molecule has 2 heterocycles. The Labute approximate surface area is 92.4 Å². The molecular formula is C12H21N3. The van der Waals surface area contributed by atoms with Crippen LogP contribution in [0.25, 0.3) is 0 Å². The van der Waals surface area contributed by atoms with E-state index >= 15 is 0 Å². The molecule has 3 atom stereocenters. The van der Waals surface area contributed by atoms with Gasteiger partial charge in [-0.25, -0.2) is 0 Å². The molecule has 1 N–H and O–H groups in total. The van der Waals surface area contributed by atoms with E-state index < -0.39 is 0 Å². The van der Waals surface area contributed by atoms with E-state index in [4.69, 9.17) is 5.26 Å². The van der Waals surface area contributed by atoms with Crippen LogP contribution in [0.2, 0.25) is 0 Å². The molecular weight excluding hydrogens is 186 g/mol. The van der Waals surface area contributed by atoms with Crippen molar-refractivity contribution >= 4 is 0 Å². The fourth-order valence-corrected chi connectivity index (χ4v) is 2.94. The normalized spacial score (nSPS) is 33.3. The fourth-order valence-electron chi connectivity index (χ4n) is 2.94. The van der Waals surface area contributed by atoms with Crippen LogP contribution in [0.1, 0.15) is 39.0 Å². The van der Waals surface area contributed by atoms with Crippen LogP contribution in [0.15, 0.2) is 0 Å². The number of nitrogens with zero attached hydrogens (tertiary/aromatic N) is 2. The summed E-state index contributed by atoms with van der Waals surface area (Å²) in [5, 5.41) is 12.5. The molecule has 15 heavy (non-hydrogen) atoms. The largest absolute Gasteiger partial charge is 0.310 e. The van der Waals surface area contributed by atoms with Gasteiger partial charge in [-0.3, -0.25) is 4.90 Å². The quantitative estimate of drug-likeness (QED) is 0.762. The molecule has 3 nitrogen and oxygen atoms in total. The third kappa shape index (κ3) is 2.50. The van der Waals surface area contributed by atoms with Gasteiger partial charge in [-0.15, -0.1) is 0 Å². The predicted octanol–water partition coefficient (Wildman–Crippen LogP) is 1.50. The van der Waals surface area contributed by atoms with Crippen molar-refractivity contribution in [3.63, 3.8) is 0 Å². The van der Waals surface area contributed by atoms with E-state index in [-0.39, 0.29) is 0 Å². The Morgan fingerprint density at radius 1 is 1.40 bits per heavy atom. The molecule has 0 saturated carbocycles. The lowest BCUT2D eigenvalue weighted by atomic mass is 10.0. The SMILES string of the molecule is CCC(CC#N)N1CCC2CCC(C1)N2. The first-order chi connectivity index (χ1) is 7.33. The summed E-state index contributed by atoms with van der Waals surface area (Å²) in [7, 11) is 0. The minimum atomic E-state index is 0.483. The molecule has 0 aromatic carbocycles. The third-order valence-corrected chi connectivity index (χ3v) is 3.87. The highest BCUT2D eigenvalue weighted by Crippen LogP contribution is 2.22. The Bertz CT molecular complexity index is 246. The molecule has 2 fully saturated rings. The molecule has 3 unspecified atom stereocenters. The molecule has 0 radical (unpaired) electrons. The van der Waals surface area contributed by atoms with Gasteiger partial charge in [-0.1, -0.05) is 6.92 Å². The lowest BCUT2D eigenvalue weighted by molar-refractivity contribution is 0.183. The molecule has 2 rings (SSSR count). The van der Waals surface area contributed by atoms with Crippen molar-refractivity contribution in [1.82, 2.24) is 10.2 Å². The van der Waals surface area contributed by atoms with Crippen molar-refractivity contribution in [1.29, 1.82) is 5.26 Å². The molecule has 2 saturated heterocycles. The van der Waals surface area contributed by atoms with Crippen molar-refractivity contribution in [2.75, 3.05) is 13.1 Å². The zero-order valence-corrected chi connectivity index (χ0v) is 9.58. The van der Waals surface area contributed by atoms with E-state index in [0.29, 0.717) is 18.5 Å². The maximum Gasteiger partial charge on any atom is 0.0638 e. The smallest absolute Gasteiger partial charge is 0.0638 e. The first kappa shape index (κ1) is 10.9. The zero-order valence-electron chi connectivity index (χ0n) is 9.58. The fraction of sp³-hybridized carbons (Fsp3) is 0.917. The highest BCUT2D eigenvalue weighted by atomic mass is 15.2. The molecule has 3 heteroatoms. The summed E-state index contributed by atoms with van der Waals surface area (Å²) < 4.78 is 0. The Balaban J connectivity index is 1.94. The Morgan fingerprint density at radius 3 is 2.93 bits per heavy atom. The summed E-state index contributed by atoms with van der Waals surface area (Å²) in [6.45, 7) is 4.52. The van der Waals surface area contributed by atoms with Gasteiger partial charge in [-0.05, 0) is 25.7 Å². The minimum absolute atomic E-state index is 0.483. The predicted molar refractivity (Wildman–Crippen MR) is 60.4 cm³/mol. The summed E-state index contributed by atoms with van der Waals surface area (Å²) >= 11 is 0. The number of nitriles is 1. The molecule has 2 aliphatic heterocycles. The lowest BCUT2D eigenvalue weighted by Gasteiger charge is -2.30. The lowest BCUT2D eigenvalue weighted by Crippen LogP contribution is -2.41. The molecule has 0 aliphatic carbocycles. The van der Waals surface area contributed by atoms with Gasteiger partial charge in [0.15, 0.2) is 0 Å². The van der Waals surface area contributed by atoms with Crippen LogP contribution >= 0.6 is 0 Å².